The van der Waals surface area contributed by atoms with Crippen molar-refractivity contribution in [1.82, 2.24) is 0 Å². The molecule has 1 N–H and O–H groups in total. The van der Waals surface area contributed by atoms with Crippen LogP contribution in [0.4, 0.5) is 0 Å². The Labute approximate surface area is 154 Å². The molecule has 128 valence electrons. The molecule has 4 aromatic carbocycles. The summed E-state index contributed by atoms with van der Waals surface area (Å²) in [4.78, 5) is 0. The molecule has 0 heterocycles. The van der Waals surface area contributed by atoms with Gasteiger partial charge in [-0.15, -0.1) is 0 Å². The first-order valence-electron chi connectivity index (χ1n) is 8.99. The van der Waals surface area contributed by atoms with E-state index in [9.17, 15) is 5.11 Å². The van der Waals surface area contributed by atoms with Crippen LogP contribution in [-0.4, -0.2) is 5.11 Å². The predicted octanol–water partition coefficient (Wildman–Crippen LogP) is 5.96. The maximum Gasteiger partial charge on any atom is 0.0914 e. The van der Waals surface area contributed by atoms with Crippen molar-refractivity contribution in [2.75, 3.05) is 0 Å². The van der Waals surface area contributed by atoms with Crippen LogP contribution in [-0.2, 0) is 12.0 Å². The molecule has 0 aromatic heterocycles. The van der Waals surface area contributed by atoms with Crippen LogP contribution in [0.1, 0.15) is 18.1 Å². The van der Waals surface area contributed by atoms with Gasteiger partial charge in [0.15, 0.2) is 0 Å². The Morgan fingerprint density at radius 1 is 0.654 bits per heavy atom. The zero-order valence-electron chi connectivity index (χ0n) is 14.9. The Kier molecular flexibility index (Phi) is 4.32. The molecule has 0 saturated carbocycles. The van der Waals surface area contributed by atoms with Crippen molar-refractivity contribution in [2.45, 2.75) is 18.9 Å². The third kappa shape index (κ3) is 3.14. The van der Waals surface area contributed by atoms with Gasteiger partial charge in [0, 0.05) is 6.42 Å². The summed E-state index contributed by atoms with van der Waals surface area (Å²) >= 11 is 0. The van der Waals surface area contributed by atoms with Gasteiger partial charge in [-0.3, -0.25) is 0 Å². The van der Waals surface area contributed by atoms with Crippen molar-refractivity contribution >= 4 is 10.8 Å². The smallest absolute Gasteiger partial charge is 0.0914 e. The second-order valence-corrected chi connectivity index (χ2v) is 7.01. The molecule has 0 bridgehead atoms. The summed E-state index contributed by atoms with van der Waals surface area (Å²) in [7, 11) is 0. The average Bonchev–Trinajstić information content (AvgIpc) is 2.68. The molecule has 0 aliphatic rings. The number of hydrogen-bond donors (Lipinski definition) is 1. The molecule has 0 spiro atoms. The van der Waals surface area contributed by atoms with E-state index in [1.807, 2.05) is 43.3 Å². The van der Waals surface area contributed by atoms with E-state index in [0.29, 0.717) is 6.42 Å². The summed E-state index contributed by atoms with van der Waals surface area (Å²) in [6, 6.07) is 33.1. The summed E-state index contributed by atoms with van der Waals surface area (Å²) in [6.07, 6.45) is 0.579. The van der Waals surface area contributed by atoms with Gasteiger partial charge in [0.25, 0.3) is 0 Å². The Morgan fingerprint density at radius 3 is 2.12 bits per heavy atom. The van der Waals surface area contributed by atoms with Crippen LogP contribution >= 0.6 is 0 Å². The Bertz CT molecular complexity index is 1030. The van der Waals surface area contributed by atoms with Crippen LogP contribution in [0.2, 0.25) is 0 Å². The zero-order chi connectivity index (χ0) is 18.0. The minimum atomic E-state index is -0.950. The Balaban J connectivity index is 1.84. The van der Waals surface area contributed by atoms with Gasteiger partial charge in [-0.2, -0.15) is 0 Å². The van der Waals surface area contributed by atoms with Crippen LogP contribution in [0, 0.1) is 0 Å². The monoisotopic (exact) mass is 338 g/mol. The van der Waals surface area contributed by atoms with E-state index >= 15 is 0 Å². The van der Waals surface area contributed by atoms with E-state index in [-0.39, 0.29) is 0 Å². The highest BCUT2D eigenvalue weighted by Gasteiger charge is 2.27. The Morgan fingerprint density at radius 2 is 1.27 bits per heavy atom. The third-order valence-electron chi connectivity index (χ3n) is 4.98. The standard InChI is InChI=1S/C25H22O/c1-25(26,18-19-10-3-2-4-11-19)24-17-8-7-15-23(24)22-16-9-13-20-12-5-6-14-21(20)22/h2-17,26H,18H2,1H3/t25-/m0/s1. The first-order chi connectivity index (χ1) is 12.6. The van der Waals surface area contributed by atoms with Crippen molar-refractivity contribution in [2.24, 2.45) is 0 Å². The molecule has 0 unspecified atom stereocenters. The van der Waals surface area contributed by atoms with Crippen LogP contribution in [0.25, 0.3) is 21.9 Å². The molecule has 0 fully saturated rings. The first-order valence-corrected chi connectivity index (χ1v) is 8.99. The molecule has 1 nitrogen and oxygen atoms in total. The molecule has 1 heteroatoms. The molecule has 0 saturated heterocycles. The largest absolute Gasteiger partial charge is 0.385 e. The summed E-state index contributed by atoms with van der Waals surface area (Å²) < 4.78 is 0. The SMILES string of the molecule is C[C@](O)(Cc1ccccc1)c1ccccc1-c1cccc2ccccc12. The fourth-order valence-corrected chi connectivity index (χ4v) is 3.74. The van der Waals surface area contributed by atoms with Crippen LogP contribution in [0.15, 0.2) is 97.1 Å². The van der Waals surface area contributed by atoms with Gasteiger partial charge in [-0.25, -0.2) is 0 Å². The number of fused-ring (bicyclic) bond motifs is 1. The van der Waals surface area contributed by atoms with Crippen molar-refractivity contribution in [1.29, 1.82) is 0 Å². The van der Waals surface area contributed by atoms with E-state index < -0.39 is 5.60 Å². The molecule has 0 aliphatic carbocycles. The third-order valence-corrected chi connectivity index (χ3v) is 4.98. The maximum atomic E-state index is 11.4. The lowest BCUT2D eigenvalue weighted by molar-refractivity contribution is 0.0582. The van der Waals surface area contributed by atoms with Gasteiger partial charge < -0.3 is 5.11 Å². The molecule has 0 aliphatic heterocycles. The normalized spacial score (nSPS) is 13.5. The summed E-state index contributed by atoms with van der Waals surface area (Å²) in [5, 5.41) is 13.8. The summed E-state index contributed by atoms with van der Waals surface area (Å²) in [5.74, 6) is 0. The number of rotatable bonds is 4. The zero-order valence-corrected chi connectivity index (χ0v) is 14.9. The second-order valence-electron chi connectivity index (χ2n) is 7.01. The highest BCUT2D eigenvalue weighted by molar-refractivity contribution is 5.97. The van der Waals surface area contributed by atoms with E-state index in [0.717, 1.165) is 22.3 Å². The fraction of sp³-hybridized carbons (Fsp3) is 0.120. The van der Waals surface area contributed by atoms with Gasteiger partial charge >= 0.3 is 0 Å². The molecular formula is C25H22O. The van der Waals surface area contributed by atoms with Crippen LogP contribution < -0.4 is 0 Å². The molecular weight excluding hydrogens is 316 g/mol. The summed E-state index contributed by atoms with van der Waals surface area (Å²) in [5.41, 5.74) is 3.39. The number of benzene rings is 4. The maximum absolute atomic E-state index is 11.4. The minimum absolute atomic E-state index is 0.579. The lowest BCUT2D eigenvalue weighted by Crippen LogP contribution is -2.25. The van der Waals surface area contributed by atoms with Gasteiger partial charge in [0.1, 0.15) is 0 Å². The Hall–Kier alpha value is -2.90. The molecule has 26 heavy (non-hydrogen) atoms. The predicted molar refractivity (Wildman–Crippen MR) is 109 cm³/mol. The summed E-state index contributed by atoms with van der Waals surface area (Å²) in [6.45, 7) is 1.91. The molecule has 0 radical (unpaired) electrons. The van der Waals surface area contributed by atoms with E-state index in [1.54, 1.807) is 0 Å². The van der Waals surface area contributed by atoms with Crippen molar-refractivity contribution < 1.29 is 5.11 Å². The molecule has 1 atom stereocenters. The molecule has 0 amide bonds. The fourth-order valence-electron chi connectivity index (χ4n) is 3.74. The van der Waals surface area contributed by atoms with Crippen molar-refractivity contribution in [3.63, 3.8) is 0 Å². The van der Waals surface area contributed by atoms with Gasteiger partial charge in [-0.05, 0) is 39.9 Å². The average molecular weight is 338 g/mol. The number of aliphatic hydroxyl groups is 1. The first kappa shape index (κ1) is 16.6. The van der Waals surface area contributed by atoms with Crippen LogP contribution in [0.3, 0.4) is 0 Å². The van der Waals surface area contributed by atoms with E-state index in [2.05, 4.69) is 60.7 Å². The van der Waals surface area contributed by atoms with E-state index in [1.165, 1.54) is 10.8 Å². The highest BCUT2D eigenvalue weighted by Crippen LogP contribution is 2.37. The minimum Gasteiger partial charge on any atom is -0.385 e. The molecule has 4 rings (SSSR count). The second kappa shape index (κ2) is 6.78. The lowest BCUT2D eigenvalue weighted by Gasteiger charge is -2.27. The quantitative estimate of drug-likeness (QED) is 0.487. The van der Waals surface area contributed by atoms with Crippen molar-refractivity contribution in [3.8, 4) is 11.1 Å². The van der Waals surface area contributed by atoms with Gasteiger partial charge in [0.2, 0.25) is 0 Å². The van der Waals surface area contributed by atoms with Crippen LogP contribution in [0.5, 0.6) is 0 Å². The molecule has 4 aromatic rings. The van der Waals surface area contributed by atoms with Gasteiger partial charge in [-0.1, -0.05) is 97.1 Å². The van der Waals surface area contributed by atoms with Gasteiger partial charge in [0.05, 0.1) is 5.60 Å². The highest BCUT2D eigenvalue weighted by atomic mass is 16.3. The number of hydrogen-bond acceptors (Lipinski definition) is 1. The topological polar surface area (TPSA) is 20.2 Å². The van der Waals surface area contributed by atoms with Crippen molar-refractivity contribution in [3.05, 3.63) is 108 Å². The lowest BCUT2D eigenvalue weighted by atomic mass is 9.83. The van der Waals surface area contributed by atoms with E-state index in [4.69, 9.17) is 0 Å².